The van der Waals surface area contributed by atoms with E-state index in [0.717, 1.165) is 46.2 Å². The van der Waals surface area contributed by atoms with Crippen LogP contribution >= 0.6 is 0 Å². The molecule has 0 heterocycles. The van der Waals surface area contributed by atoms with Gasteiger partial charge in [0.1, 0.15) is 0 Å². The van der Waals surface area contributed by atoms with Gasteiger partial charge in [-0.3, -0.25) is 24.3 Å². The van der Waals surface area contributed by atoms with Gasteiger partial charge in [-0.05, 0) is 13.8 Å². The van der Waals surface area contributed by atoms with E-state index < -0.39 is 0 Å². The van der Waals surface area contributed by atoms with Gasteiger partial charge in [-0.15, -0.1) is 58.7 Å². The summed E-state index contributed by atoms with van der Waals surface area (Å²) < 4.78 is 0. The minimum absolute atomic E-state index is 0. The van der Waals surface area contributed by atoms with Gasteiger partial charge in [0, 0.05) is 131 Å². The Labute approximate surface area is 396 Å². The second kappa shape index (κ2) is 31.2. The van der Waals surface area contributed by atoms with E-state index >= 15 is 0 Å². The van der Waals surface area contributed by atoms with Crippen LogP contribution in [0, 0.1) is 82.4 Å². The van der Waals surface area contributed by atoms with Crippen LogP contribution in [0.2, 0.25) is 0 Å². The van der Waals surface area contributed by atoms with Gasteiger partial charge in [-0.1, -0.05) is 49.9 Å². The summed E-state index contributed by atoms with van der Waals surface area (Å²) in [4.78, 5) is 0. The molecule has 0 saturated heterocycles. The Balaban J connectivity index is -0.000000262. The van der Waals surface area contributed by atoms with Crippen molar-refractivity contribution in [3.05, 3.63) is 219 Å². The van der Waals surface area contributed by atoms with Gasteiger partial charge in [0.05, 0.1) is 0 Å². The molecule has 0 spiro atoms. The monoisotopic (exact) mass is 932 g/mol. The minimum Gasteiger partial charge on any atom is -0.519 e. The average molecular weight is 932 g/mol. The molecule has 0 amide bonds. The molecule has 244 valence electrons. The summed E-state index contributed by atoms with van der Waals surface area (Å²) in [6, 6.07) is 24.8. The summed E-state index contributed by atoms with van der Waals surface area (Å²) in [6.07, 6.45) is 12.4. The number of allylic oxidation sites excluding steroid dienone is 4. The van der Waals surface area contributed by atoms with Crippen LogP contribution < -0.4 is 0 Å². The summed E-state index contributed by atoms with van der Waals surface area (Å²) in [7, 11) is 0. The van der Waals surface area contributed by atoms with Crippen LogP contribution in [0.1, 0.15) is 66.8 Å². The van der Waals surface area contributed by atoms with Crippen molar-refractivity contribution in [2.24, 2.45) is 0 Å². The zero-order valence-electron chi connectivity index (χ0n) is 29.5. The molecule has 0 nitrogen and oxygen atoms in total. The molecule has 4 aromatic rings. The molecule has 0 bridgehead atoms. The Morgan fingerprint density at radius 1 is 0.458 bits per heavy atom. The van der Waals surface area contributed by atoms with Gasteiger partial charge >= 0.3 is 0 Å². The second-order valence-corrected chi connectivity index (χ2v) is 10.6. The zero-order chi connectivity index (χ0) is 33.1. The van der Waals surface area contributed by atoms with E-state index in [2.05, 4.69) is 130 Å². The first-order valence-electron chi connectivity index (χ1n) is 14.6. The van der Waals surface area contributed by atoms with Crippen LogP contribution in [0.4, 0.5) is 0 Å². The van der Waals surface area contributed by atoms with Crippen molar-refractivity contribution in [1.82, 2.24) is 0 Å². The minimum atomic E-state index is 0. The largest absolute Gasteiger partial charge is 0.519 e. The molecule has 0 aromatic heterocycles. The van der Waals surface area contributed by atoms with Crippen LogP contribution in [0.3, 0.4) is 0 Å². The molecule has 48 heavy (non-hydrogen) atoms. The first-order valence-corrected chi connectivity index (χ1v) is 14.6. The Hall–Kier alpha value is -0.524. The molecule has 0 aliphatic heterocycles. The molecule has 4 radical (unpaired) electrons. The van der Waals surface area contributed by atoms with Crippen LogP contribution in [-0.2, 0) is 144 Å². The predicted molar refractivity (Wildman–Crippen MR) is 196 cm³/mol. The van der Waals surface area contributed by atoms with Crippen molar-refractivity contribution in [3.63, 3.8) is 0 Å². The van der Waals surface area contributed by atoms with Gasteiger partial charge in [0.15, 0.2) is 0 Å². The van der Waals surface area contributed by atoms with E-state index in [1.165, 1.54) is 33.4 Å². The number of hydrogen-bond donors (Lipinski definition) is 0. The molecule has 4 rings (SSSR count). The molecule has 0 N–H and O–H groups in total. The summed E-state index contributed by atoms with van der Waals surface area (Å²) in [5.74, 6) is 0. The number of benzene rings is 4. The standard InChI is InChI=1S/4C11H12.4Y/c2*1-4-5-11-7-6-9(2)8-10(11)3;2*1-4-5-11-8-9(2)6-7-10(11)3;;;;/h4-8H,1,3H2,2H3;1,4,6-8H,3,5H2,2H3;4-8H,1,3H2,2H3;1,4,6-8H,3,5H2,2H3;;;;/q4*-2;;;;. The maximum Gasteiger partial charge on any atom is 0 e. The third-order valence-electron chi connectivity index (χ3n) is 6.59. The van der Waals surface area contributed by atoms with Crippen molar-refractivity contribution in [2.75, 3.05) is 0 Å². The Kier molecular flexibility index (Phi) is 35.3. The van der Waals surface area contributed by atoms with Gasteiger partial charge in [-0.25, -0.2) is 48.3 Å². The number of aryl methyl sites for hydroxylation is 4. The first-order chi connectivity index (χ1) is 20.9. The van der Waals surface area contributed by atoms with E-state index in [1.807, 2.05) is 24.3 Å². The molecular formula is C44H48Y4-8. The van der Waals surface area contributed by atoms with Crippen molar-refractivity contribution in [3.8, 4) is 0 Å². The van der Waals surface area contributed by atoms with Gasteiger partial charge in [0.2, 0.25) is 0 Å². The smallest absolute Gasteiger partial charge is 0 e. The fraction of sp³-hybridized carbons (Fsp3) is 0.136. The summed E-state index contributed by atoms with van der Waals surface area (Å²) in [5.41, 5.74) is 14.0. The van der Waals surface area contributed by atoms with Crippen LogP contribution in [0.5, 0.6) is 0 Å². The van der Waals surface area contributed by atoms with Crippen molar-refractivity contribution < 1.29 is 131 Å². The van der Waals surface area contributed by atoms with Crippen LogP contribution in [0.15, 0.2) is 97.1 Å². The predicted octanol–water partition coefficient (Wildman–Crippen LogP) is 11.5. The summed E-state index contributed by atoms with van der Waals surface area (Å²) in [6.45, 7) is 41.8. The maximum absolute atomic E-state index is 5.33. The molecular weight excluding hydrogens is 884 g/mol. The van der Waals surface area contributed by atoms with E-state index in [0.29, 0.717) is 0 Å². The molecule has 0 saturated carbocycles. The van der Waals surface area contributed by atoms with Gasteiger partial charge in [-0.2, -0.15) is 63.1 Å². The van der Waals surface area contributed by atoms with Crippen molar-refractivity contribution in [1.29, 1.82) is 0 Å². The quantitative estimate of drug-likeness (QED) is 0.169. The van der Waals surface area contributed by atoms with E-state index in [1.54, 1.807) is 24.3 Å². The molecule has 0 atom stereocenters. The third kappa shape index (κ3) is 22.3. The molecule has 4 heteroatoms. The zero-order valence-corrected chi connectivity index (χ0v) is 40.9. The van der Waals surface area contributed by atoms with Gasteiger partial charge < -0.3 is 13.2 Å². The SMILES string of the molecule is [CH-]=CCc1cc(C)ccc1[CH2-].[CH-]=CCc1ccc(C)cc1[CH2-].[CH2-]C=Cc1cc(C)ccc1[CH2-].[CH2-]C=Cc1ccc(C)cc1[CH2-].[Y].[Y].[Y].[Y]. The molecule has 4 aromatic carbocycles. The third-order valence-corrected chi connectivity index (χ3v) is 6.59. The van der Waals surface area contributed by atoms with E-state index in [-0.39, 0.29) is 131 Å². The van der Waals surface area contributed by atoms with Gasteiger partial charge in [0.25, 0.3) is 0 Å². The van der Waals surface area contributed by atoms with Crippen molar-refractivity contribution >= 4 is 12.2 Å². The summed E-state index contributed by atoms with van der Waals surface area (Å²) in [5, 5.41) is 0. The molecule has 0 aliphatic carbocycles. The topological polar surface area (TPSA) is 0 Å². The normalized spacial score (nSPS) is 9.25. The molecule has 0 fully saturated rings. The number of rotatable bonds is 6. The molecule has 0 aliphatic rings. The fourth-order valence-corrected chi connectivity index (χ4v) is 4.17. The van der Waals surface area contributed by atoms with E-state index in [9.17, 15) is 0 Å². The number of hydrogen-bond acceptors (Lipinski definition) is 0. The van der Waals surface area contributed by atoms with Crippen LogP contribution in [0.25, 0.3) is 12.2 Å². The Morgan fingerprint density at radius 3 is 1.38 bits per heavy atom. The second-order valence-electron chi connectivity index (χ2n) is 10.6. The molecule has 0 unspecified atom stereocenters. The average Bonchev–Trinajstić information content (AvgIpc) is 2.97. The van der Waals surface area contributed by atoms with Crippen molar-refractivity contribution in [2.45, 2.75) is 40.5 Å². The Bertz CT molecular complexity index is 1540. The summed E-state index contributed by atoms with van der Waals surface area (Å²) >= 11 is 0. The Morgan fingerprint density at radius 2 is 0.875 bits per heavy atom. The van der Waals surface area contributed by atoms with E-state index in [4.69, 9.17) is 13.2 Å². The fourth-order valence-electron chi connectivity index (χ4n) is 4.17. The maximum atomic E-state index is 5.33. The first kappa shape index (κ1) is 54.3. The van der Waals surface area contributed by atoms with Crippen LogP contribution in [-0.4, -0.2) is 0 Å².